The average molecular weight is 393 g/mol. The van der Waals surface area contributed by atoms with Gasteiger partial charge in [0.15, 0.2) is 5.96 Å². The molecule has 0 spiro atoms. The largest absolute Gasteiger partial charge is 0.357 e. The fraction of sp³-hybridized carbons (Fsp3) is 0.850. The van der Waals surface area contributed by atoms with Crippen LogP contribution in [0, 0.1) is 5.92 Å². The van der Waals surface area contributed by atoms with Crippen LogP contribution in [-0.2, 0) is 4.79 Å². The number of rotatable bonds is 7. The number of likely N-dealkylation sites (tertiary alicyclic amines) is 1. The highest BCUT2D eigenvalue weighted by Gasteiger charge is 2.28. The monoisotopic (exact) mass is 392 g/mol. The van der Waals surface area contributed by atoms with Crippen LogP contribution in [0.2, 0.25) is 0 Å². The minimum atomic E-state index is -0.316. The van der Waals surface area contributed by atoms with Crippen molar-refractivity contribution in [2.75, 3.05) is 45.8 Å². The molecule has 0 aromatic heterocycles. The number of amides is 3. The lowest BCUT2D eigenvalue weighted by Gasteiger charge is -2.36. The third-order valence-electron chi connectivity index (χ3n) is 6.04. The minimum absolute atomic E-state index is 0.0975. The number of carbonyl (C=O) groups is 2. The summed E-state index contributed by atoms with van der Waals surface area (Å²) in [6.07, 6.45) is 9.32. The van der Waals surface area contributed by atoms with Crippen molar-refractivity contribution in [1.29, 1.82) is 0 Å². The van der Waals surface area contributed by atoms with Gasteiger partial charge in [0, 0.05) is 32.2 Å². The number of imide groups is 1. The zero-order valence-electron chi connectivity index (χ0n) is 17.2. The molecule has 2 aliphatic heterocycles. The van der Waals surface area contributed by atoms with E-state index < -0.39 is 0 Å². The van der Waals surface area contributed by atoms with Crippen molar-refractivity contribution in [3.63, 3.8) is 0 Å². The highest BCUT2D eigenvalue weighted by Crippen LogP contribution is 2.25. The molecule has 3 N–H and O–H groups in total. The van der Waals surface area contributed by atoms with Gasteiger partial charge in [-0.05, 0) is 38.5 Å². The fourth-order valence-corrected chi connectivity index (χ4v) is 4.45. The molecule has 8 nitrogen and oxygen atoms in total. The predicted molar refractivity (Wildman–Crippen MR) is 110 cm³/mol. The summed E-state index contributed by atoms with van der Waals surface area (Å²) in [5.41, 5.74) is 0. The Morgan fingerprint density at radius 1 is 1.14 bits per heavy atom. The molecule has 0 bridgehead atoms. The molecular formula is C20H36N6O2. The van der Waals surface area contributed by atoms with Crippen LogP contribution in [0.15, 0.2) is 4.99 Å². The highest BCUT2D eigenvalue weighted by molar-refractivity contribution is 6.01. The number of nitrogens with zero attached hydrogens (tertiary/aromatic N) is 3. The van der Waals surface area contributed by atoms with Crippen molar-refractivity contribution in [1.82, 2.24) is 25.8 Å². The predicted octanol–water partition coefficient (Wildman–Crippen LogP) is 1.14. The van der Waals surface area contributed by atoms with Crippen LogP contribution >= 0.6 is 0 Å². The number of hydrogen-bond acceptors (Lipinski definition) is 4. The van der Waals surface area contributed by atoms with Crippen molar-refractivity contribution in [3.05, 3.63) is 0 Å². The van der Waals surface area contributed by atoms with Crippen molar-refractivity contribution < 1.29 is 9.59 Å². The molecule has 3 aliphatic rings. The second kappa shape index (κ2) is 10.6. The first-order valence-corrected chi connectivity index (χ1v) is 11.0. The topological polar surface area (TPSA) is 89.1 Å². The molecule has 3 amide bonds. The van der Waals surface area contributed by atoms with Crippen molar-refractivity contribution in [2.45, 2.75) is 57.9 Å². The Balaban J connectivity index is 1.40. The summed E-state index contributed by atoms with van der Waals surface area (Å²) < 4.78 is 0. The Morgan fingerprint density at radius 2 is 1.89 bits per heavy atom. The van der Waals surface area contributed by atoms with Crippen LogP contribution in [0.25, 0.3) is 0 Å². The molecule has 0 aromatic rings. The van der Waals surface area contributed by atoms with Gasteiger partial charge in [0.2, 0.25) is 5.91 Å². The van der Waals surface area contributed by atoms with E-state index in [4.69, 9.17) is 0 Å². The van der Waals surface area contributed by atoms with Gasteiger partial charge in [0.25, 0.3) is 0 Å². The molecule has 158 valence electrons. The van der Waals surface area contributed by atoms with E-state index in [1.165, 1.54) is 43.5 Å². The Kier molecular flexibility index (Phi) is 7.94. The average Bonchev–Trinajstić information content (AvgIpc) is 3.02. The number of aliphatic imine (C=N–C) groups is 1. The van der Waals surface area contributed by atoms with E-state index in [2.05, 4.69) is 25.8 Å². The Morgan fingerprint density at radius 3 is 2.54 bits per heavy atom. The number of carbonyl (C=O) groups excluding carboxylic acids is 2. The molecule has 2 saturated heterocycles. The normalized spacial score (nSPS) is 23.2. The third kappa shape index (κ3) is 6.09. The van der Waals surface area contributed by atoms with Crippen LogP contribution in [0.4, 0.5) is 4.79 Å². The van der Waals surface area contributed by atoms with E-state index in [1.807, 2.05) is 6.92 Å². The lowest BCUT2D eigenvalue weighted by molar-refractivity contribution is -0.124. The first-order chi connectivity index (χ1) is 13.7. The second-order valence-corrected chi connectivity index (χ2v) is 8.19. The quantitative estimate of drug-likeness (QED) is 0.343. The van der Waals surface area contributed by atoms with E-state index in [0.29, 0.717) is 19.1 Å². The van der Waals surface area contributed by atoms with E-state index in [-0.39, 0.29) is 18.5 Å². The first kappa shape index (κ1) is 20.9. The summed E-state index contributed by atoms with van der Waals surface area (Å²) in [7, 11) is 0. The molecule has 0 atom stereocenters. The van der Waals surface area contributed by atoms with Crippen molar-refractivity contribution >= 4 is 17.9 Å². The van der Waals surface area contributed by atoms with Crippen LogP contribution in [0.3, 0.4) is 0 Å². The maximum atomic E-state index is 11.6. The molecule has 28 heavy (non-hydrogen) atoms. The Hall–Kier alpha value is -1.83. The Bertz CT molecular complexity index is 537. The second-order valence-electron chi connectivity index (χ2n) is 8.19. The van der Waals surface area contributed by atoms with E-state index in [1.54, 1.807) is 0 Å². The smallest absolute Gasteiger partial charge is 0.324 e. The van der Waals surface area contributed by atoms with Gasteiger partial charge in [-0.2, -0.15) is 0 Å². The van der Waals surface area contributed by atoms with E-state index in [9.17, 15) is 9.59 Å². The van der Waals surface area contributed by atoms with Crippen LogP contribution < -0.4 is 16.0 Å². The summed E-state index contributed by atoms with van der Waals surface area (Å²) >= 11 is 0. The number of guanidine groups is 1. The number of piperidine rings is 1. The van der Waals surface area contributed by atoms with Crippen LogP contribution in [0.5, 0.6) is 0 Å². The molecule has 0 aromatic carbocycles. The number of nitrogens with one attached hydrogen (secondary N) is 3. The van der Waals surface area contributed by atoms with Crippen molar-refractivity contribution in [2.24, 2.45) is 10.9 Å². The molecule has 8 heteroatoms. The fourth-order valence-electron chi connectivity index (χ4n) is 4.45. The van der Waals surface area contributed by atoms with Gasteiger partial charge in [-0.15, -0.1) is 0 Å². The lowest BCUT2D eigenvalue weighted by Crippen LogP contribution is -2.49. The zero-order valence-corrected chi connectivity index (χ0v) is 17.2. The molecule has 3 fully saturated rings. The molecule has 2 heterocycles. The molecule has 1 saturated carbocycles. The summed E-state index contributed by atoms with van der Waals surface area (Å²) in [5.74, 6) is 1.51. The van der Waals surface area contributed by atoms with E-state index in [0.717, 1.165) is 44.4 Å². The van der Waals surface area contributed by atoms with Gasteiger partial charge in [-0.25, -0.2) is 4.79 Å². The third-order valence-corrected chi connectivity index (χ3v) is 6.04. The summed E-state index contributed by atoms with van der Waals surface area (Å²) in [6, 6.07) is 0.112. The molecule has 1 aliphatic carbocycles. The summed E-state index contributed by atoms with van der Waals surface area (Å²) in [4.78, 5) is 31.6. The highest BCUT2D eigenvalue weighted by atomic mass is 16.2. The summed E-state index contributed by atoms with van der Waals surface area (Å²) in [5, 5.41) is 9.35. The molecule has 0 unspecified atom stereocenters. The SMILES string of the molecule is CCNC(=NCCN1C(=O)CNC1=O)NC1CCN(CC2CCCCC2)CC1. The number of hydrogen-bond donors (Lipinski definition) is 3. The maximum Gasteiger partial charge on any atom is 0.324 e. The first-order valence-electron chi connectivity index (χ1n) is 11.0. The van der Waals surface area contributed by atoms with Gasteiger partial charge in [0.1, 0.15) is 0 Å². The van der Waals surface area contributed by atoms with Crippen molar-refractivity contribution in [3.8, 4) is 0 Å². The molecular weight excluding hydrogens is 356 g/mol. The van der Waals surface area contributed by atoms with Crippen LogP contribution in [-0.4, -0.2) is 79.6 Å². The van der Waals surface area contributed by atoms with Gasteiger partial charge >= 0.3 is 6.03 Å². The standard InChI is InChI=1S/C20H36N6O2/c1-2-21-19(22-10-13-26-18(27)14-23-20(26)28)24-17-8-11-25(12-9-17)15-16-6-4-3-5-7-16/h16-17H,2-15H2,1H3,(H,23,28)(H2,21,22,24). The van der Waals surface area contributed by atoms with Crippen LogP contribution in [0.1, 0.15) is 51.9 Å². The van der Waals surface area contributed by atoms with Gasteiger partial charge in [-0.1, -0.05) is 19.3 Å². The number of urea groups is 1. The summed E-state index contributed by atoms with van der Waals surface area (Å²) in [6.45, 7) is 7.23. The van der Waals surface area contributed by atoms with Gasteiger partial charge < -0.3 is 20.9 Å². The zero-order chi connectivity index (χ0) is 19.8. The maximum absolute atomic E-state index is 11.6. The minimum Gasteiger partial charge on any atom is -0.357 e. The van der Waals surface area contributed by atoms with E-state index >= 15 is 0 Å². The Labute approximate surface area is 168 Å². The van der Waals surface area contributed by atoms with Gasteiger partial charge in [-0.3, -0.25) is 14.7 Å². The lowest BCUT2D eigenvalue weighted by atomic mass is 9.88. The molecule has 0 radical (unpaired) electrons. The molecule has 3 rings (SSSR count). The van der Waals surface area contributed by atoms with Gasteiger partial charge in [0.05, 0.1) is 19.6 Å².